The van der Waals surface area contributed by atoms with Crippen LogP contribution in [0.4, 0.5) is 10.5 Å². The smallest absolute Gasteiger partial charge is 0.322 e. The van der Waals surface area contributed by atoms with Crippen LogP contribution in [0.5, 0.6) is 0 Å². The third-order valence-electron chi connectivity index (χ3n) is 7.27. The summed E-state index contributed by atoms with van der Waals surface area (Å²) in [6, 6.07) is 27.8. The average Bonchev–Trinajstić information content (AvgIpc) is 2.91. The predicted octanol–water partition coefficient (Wildman–Crippen LogP) is 5.63. The highest BCUT2D eigenvalue weighted by Gasteiger charge is 2.27. The normalized spacial score (nSPS) is 15.0. The zero-order valence-electron chi connectivity index (χ0n) is 21.7. The number of amides is 2. The summed E-state index contributed by atoms with van der Waals surface area (Å²) in [6.07, 6.45) is 4.11. The van der Waals surface area contributed by atoms with Gasteiger partial charge in [0.05, 0.1) is 4.90 Å². The van der Waals surface area contributed by atoms with Crippen LogP contribution in [0, 0.1) is 0 Å². The minimum atomic E-state index is -3.26. The highest BCUT2D eigenvalue weighted by molar-refractivity contribution is 7.90. The monoisotopic (exact) mass is 519 g/mol. The molecule has 0 aliphatic carbocycles. The molecule has 0 spiro atoms. The number of sulfone groups is 1. The molecule has 4 rings (SSSR count). The lowest BCUT2D eigenvalue weighted by Crippen LogP contribution is -2.49. The summed E-state index contributed by atoms with van der Waals surface area (Å²) in [5.74, 6) is 0.368. The van der Waals surface area contributed by atoms with E-state index < -0.39 is 9.84 Å². The number of anilines is 1. The van der Waals surface area contributed by atoms with Gasteiger partial charge in [-0.3, -0.25) is 0 Å². The van der Waals surface area contributed by atoms with E-state index in [2.05, 4.69) is 70.9 Å². The van der Waals surface area contributed by atoms with Crippen molar-refractivity contribution in [3.63, 3.8) is 0 Å². The van der Waals surface area contributed by atoms with Gasteiger partial charge in [-0.1, -0.05) is 60.7 Å². The Hall–Kier alpha value is -3.16. The Kier molecular flexibility index (Phi) is 9.00. The summed E-state index contributed by atoms with van der Waals surface area (Å²) in [5.41, 5.74) is 3.30. The van der Waals surface area contributed by atoms with Gasteiger partial charge in [0, 0.05) is 43.5 Å². The Labute approximate surface area is 221 Å². The van der Waals surface area contributed by atoms with Crippen molar-refractivity contribution in [2.45, 2.75) is 43.0 Å². The number of carbonyl (C=O) groups is 1. The van der Waals surface area contributed by atoms with Crippen molar-refractivity contribution in [2.75, 3.05) is 37.8 Å². The van der Waals surface area contributed by atoms with E-state index in [1.54, 1.807) is 12.1 Å². The van der Waals surface area contributed by atoms with Gasteiger partial charge in [0.1, 0.15) is 0 Å². The average molecular weight is 520 g/mol. The molecule has 0 bridgehead atoms. The first-order chi connectivity index (χ1) is 17.8. The van der Waals surface area contributed by atoms with Crippen molar-refractivity contribution < 1.29 is 13.2 Å². The van der Waals surface area contributed by atoms with Gasteiger partial charge in [-0.25, -0.2) is 13.2 Å². The standard InChI is InChI=1S/C30H37N3O3S/c1-3-33(30(34)31-26-14-16-28(17-15-26)37(2,35)36)27-18-21-32(22-19-27)23-20-29(24-10-6-4-7-11-24)25-12-8-5-9-13-25/h4-17,27,29H,3,18-23H2,1-2H3,(H,31,34). The Morgan fingerprint density at radius 1 is 0.919 bits per heavy atom. The van der Waals surface area contributed by atoms with Crippen LogP contribution < -0.4 is 5.32 Å². The number of nitrogens with one attached hydrogen (secondary N) is 1. The molecular weight excluding hydrogens is 482 g/mol. The van der Waals surface area contributed by atoms with Crippen molar-refractivity contribution in [3.8, 4) is 0 Å². The van der Waals surface area contributed by atoms with E-state index in [4.69, 9.17) is 0 Å². The number of benzene rings is 3. The molecule has 0 unspecified atom stereocenters. The Morgan fingerprint density at radius 3 is 1.95 bits per heavy atom. The number of piperidine rings is 1. The Balaban J connectivity index is 1.31. The molecule has 2 amide bonds. The van der Waals surface area contributed by atoms with Crippen molar-refractivity contribution >= 4 is 21.6 Å². The maximum atomic E-state index is 13.0. The molecule has 0 aromatic heterocycles. The van der Waals surface area contributed by atoms with Gasteiger partial charge in [-0.2, -0.15) is 0 Å². The molecule has 1 aliphatic rings. The first kappa shape index (κ1) is 26.9. The molecule has 7 heteroatoms. The highest BCUT2D eigenvalue weighted by Crippen LogP contribution is 2.29. The van der Waals surface area contributed by atoms with Crippen LogP contribution in [0.2, 0.25) is 0 Å². The fourth-order valence-electron chi connectivity index (χ4n) is 5.21. The van der Waals surface area contributed by atoms with E-state index in [1.165, 1.54) is 29.5 Å². The highest BCUT2D eigenvalue weighted by atomic mass is 32.2. The number of hydrogen-bond donors (Lipinski definition) is 1. The molecule has 6 nitrogen and oxygen atoms in total. The minimum absolute atomic E-state index is 0.138. The molecule has 1 saturated heterocycles. The largest absolute Gasteiger partial charge is 0.322 e. The number of urea groups is 1. The molecule has 0 saturated carbocycles. The zero-order valence-corrected chi connectivity index (χ0v) is 22.5. The first-order valence-corrected chi connectivity index (χ1v) is 14.9. The third kappa shape index (κ3) is 7.21. The molecule has 1 fully saturated rings. The van der Waals surface area contributed by atoms with Crippen LogP contribution in [0.3, 0.4) is 0 Å². The van der Waals surface area contributed by atoms with E-state index in [0.29, 0.717) is 18.2 Å². The van der Waals surface area contributed by atoms with Crippen molar-refractivity contribution in [2.24, 2.45) is 0 Å². The first-order valence-electron chi connectivity index (χ1n) is 13.0. The van der Waals surface area contributed by atoms with E-state index in [1.807, 2.05) is 11.8 Å². The summed E-state index contributed by atoms with van der Waals surface area (Å²) in [6.45, 7) is 5.58. The Morgan fingerprint density at radius 2 is 1.46 bits per heavy atom. The van der Waals surface area contributed by atoms with Crippen LogP contribution in [0.1, 0.15) is 43.2 Å². The van der Waals surface area contributed by atoms with E-state index >= 15 is 0 Å². The van der Waals surface area contributed by atoms with Crippen molar-refractivity contribution in [1.29, 1.82) is 0 Å². The predicted molar refractivity (Wildman–Crippen MR) is 150 cm³/mol. The summed E-state index contributed by atoms with van der Waals surface area (Å²) in [4.78, 5) is 17.7. The van der Waals surface area contributed by atoms with Gasteiger partial charge in [0.2, 0.25) is 0 Å². The van der Waals surface area contributed by atoms with Crippen LogP contribution in [0.15, 0.2) is 89.8 Å². The second kappa shape index (κ2) is 12.4. The van der Waals surface area contributed by atoms with Gasteiger partial charge in [0.15, 0.2) is 9.84 Å². The molecular formula is C30H37N3O3S. The number of rotatable bonds is 9. The SMILES string of the molecule is CCN(C(=O)Nc1ccc(S(C)(=O)=O)cc1)C1CCN(CCC(c2ccccc2)c2ccccc2)CC1. The number of nitrogens with zero attached hydrogens (tertiary/aromatic N) is 2. The molecule has 1 N–H and O–H groups in total. The quantitative estimate of drug-likeness (QED) is 0.398. The van der Waals surface area contributed by atoms with E-state index in [-0.39, 0.29) is 17.0 Å². The van der Waals surface area contributed by atoms with Crippen molar-refractivity contribution in [1.82, 2.24) is 9.80 Å². The lowest BCUT2D eigenvalue weighted by atomic mass is 9.88. The van der Waals surface area contributed by atoms with Gasteiger partial charge in [-0.05, 0) is 68.1 Å². The van der Waals surface area contributed by atoms with Crippen molar-refractivity contribution in [3.05, 3.63) is 96.1 Å². The van der Waals surface area contributed by atoms with Crippen LogP contribution in [0.25, 0.3) is 0 Å². The molecule has 1 heterocycles. The summed E-state index contributed by atoms with van der Waals surface area (Å²) in [7, 11) is -3.26. The van der Waals surface area contributed by atoms with Crippen LogP contribution in [-0.2, 0) is 9.84 Å². The lowest BCUT2D eigenvalue weighted by molar-refractivity contribution is 0.129. The third-order valence-corrected chi connectivity index (χ3v) is 8.40. The van der Waals surface area contributed by atoms with Gasteiger partial charge < -0.3 is 15.1 Å². The number of carbonyl (C=O) groups excluding carboxylic acids is 1. The summed E-state index contributed by atoms with van der Waals surface area (Å²) < 4.78 is 23.4. The minimum Gasteiger partial charge on any atom is -0.322 e. The van der Waals surface area contributed by atoms with Gasteiger partial charge in [0.25, 0.3) is 0 Å². The maximum absolute atomic E-state index is 13.0. The maximum Gasteiger partial charge on any atom is 0.322 e. The van der Waals surface area contributed by atoms with Crippen LogP contribution >= 0.6 is 0 Å². The lowest BCUT2D eigenvalue weighted by Gasteiger charge is -2.38. The molecule has 1 aliphatic heterocycles. The van der Waals surface area contributed by atoms with E-state index in [9.17, 15) is 13.2 Å². The summed E-state index contributed by atoms with van der Waals surface area (Å²) >= 11 is 0. The molecule has 0 radical (unpaired) electrons. The second-order valence-electron chi connectivity index (χ2n) is 9.75. The Bertz CT molecular complexity index is 1200. The molecule has 37 heavy (non-hydrogen) atoms. The zero-order chi connectivity index (χ0) is 26.3. The fourth-order valence-corrected chi connectivity index (χ4v) is 5.84. The van der Waals surface area contributed by atoms with Gasteiger partial charge >= 0.3 is 6.03 Å². The van der Waals surface area contributed by atoms with Gasteiger partial charge in [-0.15, -0.1) is 0 Å². The molecule has 3 aromatic rings. The fraction of sp³-hybridized carbons (Fsp3) is 0.367. The van der Waals surface area contributed by atoms with Crippen LogP contribution in [-0.4, -0.2) is 62.7 Å². The molecule has 196 valence electrons. The molecule has 0 atom stereocenters. The summed E-state index contributed by atoms with van der Waals surface area (Å²) in [5, 5.41) is 2.94. The topological polar surface area (TPSA) is 69.7 Å². The van der Waals surface area contributed by atoms with E-state index in [0.717, 1.165) is 38.9 Å². The second-order valence-corrected chi connectivity index (χ2v) is 11.8. The number of hydrogen-bond acceptors (Lipinski definition) is 4. The molecule has 3 aromatic carbocycles. The number of likely N-dealkylation sites (tertiary alicyclic amines) is 1.